The molecule has 0 nitrogen and oxygen atoms in total. The van der Waals surface area contributed by atoms with E-state index in [0.717, 1.165) is 6.42 Å². The van der Waals surface area contributed by atoms with Gasteiger partial charge in [-0.25, -0.2) is 0 Å². The fourth-order valence-corrected chi connectivity index (χ4v) is 2.11. The Morgan fingerprint density at radius 1 is 1.00 bits per heavy atom. The summed E-state index contributed by atoms with van der Waals surface area (Å²) in [4.78, 5) is 0. The van der Waals surface area contributed by atoms with Crippen LogP contribution in [0, 0.1) is 0 Å². The molecule has 0 N–H and O–H groups in total. The van der Waals surface area contributed by atoms with Crippen LogP contribution in [0.2, 0.25) is 19.6 Å². The third-order valence-corrected chi connectivity index (χ3v) is 3.24. The van der Waals surface area contributed by atoms with Gasteiger partial charge in [-0.1, -0.05) is 73.9 Å². The fourth-order valence-electron chi connectivity index (χ4n) is 1.27. The highest BCUT2D eigenvalue weighted by atomic mass is 28.3. The van der Waals surface area contributed by atoms with E-state index in [0.29, 0.717) is 0 Å². The smallest absolute Gasteiger partial charge is 0.0683 e. The van der Waals surface area contributed by atoms with Gasteiger partial charge in [-0.05, 0) is 12.0 Å². The van der Waals surface area contributed by atoms with Gasteiger partial charge in [0.2, 0.25) is 0 Å². The lowest BCUT2D eigenvalue weighted by molar-refractivity contribution is 1.41. The molecule has 0 spiro atoms. The zero-order valence-corrected chi connectivity index (χ0v) is 10.9. The van der Waals surface area contributed by atoms with Crippen molar-refractivity contribution in [1.29, 1.82) is 0 Å². The Hall–Kier alpha value is -1.08. The fraction of sp³-hybridized carbons (Fsp3) is 0.286. The third kappa shape index (κ3) is 6.08. The van der Waals surface area contributed by atoms with Crippen LogP contribution in [0.25, 0.3) is 6.08 Å². The molecule has 1 aromatic carbocycles. The molecule has 0 aliphatic heterocycles. The molecule has 1 rings (SSSR count). The van der Waals surface area contributed by atoms with Crippen LogP contribution in [-0.4, -0.2) is 8.07 Å². The van der Waals surface area contributed by atoms with Crippen LogP contribution < -0.4 is 0 Å². The highest BCUT2D eigenvalue weighted by Crippen LogP contribution is 2.05. The minimum Gasteiger partial charge on any atom is -0.0986 e. The first-order valence-electron chi connectivity index (χ1n) is 5.47. The first-order chi connectivity index (χ1) is 7.08. The van der Waals surface area contributed by atoms with Crippen LogP contribution in [-0.2, 0) is 0 Å². The van der Waals surface area contributed by atoms with Gasteiger partial charge >= 0.3 is 0 Å². The van der Waals surface area contributed by atoms with Crippen molar-refractivity contribution in [3.63, 3.8) is 0 Å². The van der Waals surface area contributed by atoms with Gasteiger partial charge in [0.1, 0.15) is 0 Å². The predicted molar refractivity (Wildman–Crippen MR) is 72.6 cm³/mol. The monoisotopic (exact) mass is 216 g/mol. The van der Waals surface area contributed by atoms with E-state index in [1.165, 1.54) is 5.56 Å². The largest absolute Gasteiger partial charge is 0.0986 e. The van der Waals surface area contributed by atoms with Crippen LogP contribution in [0.3, 0.4) is 0 Å². The van der Waals surface area contributed by atoms with Crippen molar-refractivity contribution in [2.24, 2.45) is 0 Å². The minimum absolute atomic E-state index is 1.00. The molecule has 0 heterocycles. The molecule has 0 amide bonds. The molecule has 0 aliphatic carbocycles. The Kier molecular flexibility index (Phi) is 4.57. The first kappa shape index (κ1) is 12.0. The molecule has 0 aliphatic rings. The lowest BCUT2D eigenvalue weighted by Crippen LogP contribution is -2.15. The molecular formula is C14H20Si. The molecule has 1 heteroatoms. The second-order valence-corrected chi connectivity index (χ2v) is 9.88. The van der Waals surface area contributed by atoms with E-state index in [2.05, 4.69) is 67.8 Å². The van der Waals surface area contributed by atoms with E-state index in [4.69, 9.17) is 0 Å². The Labute approximate surface area is 94.4 Å². The lowest BCUT2D eigenvalue weighted by atomic mass is 10.2. The molecule has 1 aromatic rings. The normalized spacial score (nSPS) is 12.7. The van der Waals surface area contributed by atoms with Gasteiger partial charge in [0, 0.05) is 0 Å². The Balaban J connectivity index is 2.39. The maximum Gasteiger partial charge on any atom is 0.0683 e. The van der Waals surface area contributed by atoms with E-state index in [1.54, 1.807) is 0 Å². The first-order valence-corrected chi connectivity index (χ1v) is 9.05. The summed E-state index contributed by atoms with van der Waals surface area (Å²) < 4.78 is 0. The summed E-state index contributed by atoms with van der Waals surface area (Å²) in [6.45, 7) is 7.05. The molecule has 15 heavy (non-hydrogen) atoms. The van der Waals surface area contributed by atoms with Crippen LogP contribution >= 0.6 is 0 Å². The van der Waals surface area contributed by atoms with Gasteiger partial charge in [-0.15, -0.1) is 0 Å². The number of hydrogen-bond acceptors (Lipinski definition) is 0. The van der Waals surface area contributed by atoms with Crippen molar-refractivity contribution in [2.45, 2.75) is 26.1 Å². The molecule has 0 bridgehead atoms. The maximum absolute atomic E-state index is 2.39. The summed E-state index contributed by atoms with van der Waals surface area (Å²) in [5.41, 5.74) is 3.67. The van der Waals surface area contributed by atoms with E-state index in [9.17, 15) is 0 Å². The SMILES string of the molecule is C[Si](C)(C)C=CCC=Cc1ccccc1. The number of rotatable bonds is 4. The average molecular weight is 216 g/mol. The van der Waals surface area contributed by atoms with Gasteiger partial charge in [0.15, 0.2) is 0 Å². The zero-order valence-electron chi connectivity index (χ0n) is 9.90. The van der Waals surface area contributed by atoms with Crippen LogP contribution in [0.4, 0.5) is 0 Å². The van der Waals surface area contributed by atoms with Crippen molar-refractivity contribution in [3.05, 3.63) is 53.7 Å². The summed E-state index contributed by atoms with van der Waals surface area (Å²) >= 11 is 0. The van der Waals surface area contributed by atoms with Crippen molar-refractivity contribution in [3.8, 4) is 0 Å². The van der Waals surface area contributed by atoms with Gasteiger partial charge in [-0.3, -0.25) is 0 Å². The van der Waals surface area contributed by atoms with E-state index >= 15 is 0 Å². The molecule has 0 radical (unpaired) electrons. The maximum atomic E-state index is 2.39. The molecule has 0 saturated heterocycles. The topological polar surface area (TPSA) is 0 Å². The molecule has 0 unspecified atom stereocenters. The minimum atomic E-state index is -1.00. The van der Waals surface area contributed by atoms with Crippen LogP contribution in [0.15, 0.2) is 48.2 Å². The Bertz CT molecular complexity index is 328. The molecule has 0 saturated carbocycles. The molecule has 0 aromatic heterocycles. The molecule has 80 valence electrons. The van der Waals surface area contributed by atoms with Crippen molar-refractivity contribution < 1.29 is 0 Å². The Morgan fingerprint density at radius 3 is 2.27 bits per heavy atom. The summed E-state index contributed by atoms with van der Waals surface area (Å²) in [5, 5.41) is 0. The van der Waals surface area contributed by atoms with Gasteiger partial charge in [0.05, 0.1) is 8.07 Å². The van der Waals surface area contributed by atoms with E-state index in [1.807, 2.05) is 6.07 Å². The standard InChI is InChI=1S/C14H20Si/c1-15(2,3)13-9-5-8-12-14-10-6-4-7-11-14/h4,6-13H,5H2,1-3H3. The Morgan fingerprint density at radius 2 is 1.67 bits per heavy atom. The molecule has 0 atom stereocenters. The number of allylic oxidation sites excluding steroid dienone is 2. The summed E-state index contributed by atoms with van der Waals surface area (Å²) in [5.74, 6) is 0. The summed E-state index contributed by atoms with van der Waals surface area (Å²) in [6.07, 6.45) is 7.71. The summed E-state index contributed by atoms with van der Waals surface area (Å²) in [6, 6.07) is 10.4. The van der Waals surface area contributed by atoms with Crippen LogP contribution in [0.5, 0.6) is 0 Å². The van der Waals surface area contributed by atoms with Crippen molar-refractivity contribution in [1.82, 2.24) is 0 Å². The second kappa shape index (κ2) is 5.71. The van der Waals surface area contributed by atoms with Gasteiger partial charge in [0.25, 0.3) is 0 Å². The van der Waals surface area contributed by atoms with E-state index in [-0.39, 0.29) is 0 Å². The third-order valence-electron chi connectivity index (χ3n) is 2.00. The highest BCUT2D eigenvalue weighted by Gasteiger charge is 2.05. The van der Waals surface area contributed by atoms with Gasteiger partial charge < -0.3 is 0 Å². The number of benzene rings is 1. The molecular weight excluding hydrogens is 196 g/mol. The summed E-state index contributed by atoms with van der Waals surface area (Å²) in [7, 11) is -1.00. The quantitative estimate of drug-likeness (QED) is 0.649. The highest BCUT2D eigenvalue weighted by molar-refractivity contribution is 6.80. The predicted octanol–water partition coefficient (Wildman–Crippen LogP) is 4.52. The van der Waals surface area contributed by atoms with Crippen molar-refractivity contribution in [2.75, 3.05) is 0 Å². The van der Waals surface area contributed by atoms with Crippen molar-refractivity contribution >= 4 is 14.1 Å². The van der Waals surface area contributed by atoms with Gasteiger partial charge in [-0.2, -0.15) is 0 Å². The average Bonchev–Trinajstić information content (AvgIpc) is 2.17. The lowest BCUT2D eigenvalue weighted by Gasteiger charge is -2.07. The second-order valence-electron chi connectivity index (χ2n) is 4.82. The molecule has 0 fully saturated rings. The number of hydrogen-bond donors (Lipinski definition) is 0. The van der Waals surface area contributed by atoms with Crippen LogP contribution in [0.1, 0.15) is 12.0 Å². The van der Waals surface area contributed by atoms with E-state index < -0.39 is 8.07 Å². The zero-order chi connectivity index (χ0) is 11.1.